The summed E-state index contributed by atoms with van der Waals surface area (Å²) in [5, 5.41) is 2.90. The molecule has 4 nitrogen and oxygen atoms in total. The van der Waals surface area contributed by atoms with Gasteiger partial charge in [0.15, 0.2) is 0 Å². The Balaban J connectivity index is 2.03. The van der Waals surface area contributed by atoms with Crippen molar-refractivity contribution in [2.45, 2.75) is 18.3 Å². The number of carbonyl (C=O) groups is 1. The second-order valence-corrected chi connectivity index (χ2v) is 4.45. The summed E-state index contributed by atoms with van der Waals surface area (Å²) in [7, 11) is 1.62. The van der Waals surface area contributed by atoms with Gasteiger partial charge in [0.05, 0.1) is 12.0 Å². The highest BCUT2D eigenvalue weighted by molar-refractivity contribution is 5.91. The standard InChI is InChI=1S/C13H18N2O2/c1-17-9-8-15-12(16)13(6-7-13)10-2-4-11(14)5-3-10/h2-5H,6-9,14H2,1H3,(H,15,16). The van der Waals surface area contributed by atoms with Crippen LogP contribution in [0.3, 0.4) is 0 Å². The minimum atomic E-state index is -0.318. The highest BCUT2D eigenvalue weighted by Gasteiger charge is 2.50. The van der Waals surface area contributed by atoms with Crippen LogP contribution in [0, 0.1) is 0 Å². The summed E-state index contributed by atoms with van der Waals surface area (Å²) < 4.78 is 4.92. The molecule has 0 radical (unpaired) electrons. The summed E-state index contributed by atoms with van der Waals surface area (Å²) in [5.74, 6) is 0.0966. The Morgan fingerprint density at radius 3 is 2.59 bits per heavy atom. The van der Waals surface area contributed by atoms with Crippen LogP contribution in [0.15, 0.2) is 24.3 Å². The van der Waals surface area contributed by atoms with Crippen molar-refractivity contribution >= 4 is 11.6 Å². The molecule has 0 bridgehead atoms. The zero-order valence-electron chi connectivity index (χ0n) is 10.0. The number of rotatable bonds is 5. The van der Waals surface area contributed by atoms with Gasteiger partial charge in [-0.15, -0.1) is 0 Å². The maximum atomic E-state index is 12.1. The van der Waals surface area contributed by atoms with Crippen molar-refractivity contribution in [1.29, 1.82) is 0 Å². The van der Waals surface area contributed by atoms with E-state index in [0.717, 1.165) is 24.1 Å². The number of anilines is 1. The highest BCUT2D eigenvalue weighted by atomic mass is 16.5. The molecule has 0 unspecified atom stereocenters. The van der Waals surface area contributed by atoms with Gasteiger partial charge in [-0.25, -0.2) is 0 Å². The number of nitrogen functional groups attached to an aromatic ring is 1. The highest BCUT2D eigenvalue weighted by Crippen LogP contribution is 2.48. The number of nitrogens with two attached hydrogens (primary N) is 1. The fraction of sp³-hybridized carbons (Fsp3) is 0.462. The number of benzene rings is 1. The molecule has 1 aromatic rings. The summed E-state index contributed by atoms with van der Waals surface area (Å²) in [4.78, 5) is 12.1. The van der Waals surface area contributed by atoms with Crippen molar-refractivity contribution in [3.8, 4) is 0 Å². The molecule has 92 valence electrons. The van der Waals surface area contributed by atoms with Crippen LogP contribution in [0.25, 0.3) is 0 Å². The Morgan fingerprint density at radius 2 is 2.06 bits per heavy atom. The second kappa shape index (κ2) is 4.75. The fourth-order valence-electron chi connectivity index (χ4n) is 2.01. The topological polar surface area (TPSA) is 64.3 Å². The summed E-state index contributed by atoms with van der Waals surface area (Å²) in [5.41, 5.74) is 7.11. The predicted molar refractivity (Wildman–Crippen MR) is 66.7 cm³/mol. The molecular formula is C13H18N2O2. The van der Waals surface area contributed by atoms with Crippen molar-refractivity contribution in [3.63, 3.8) is 0 Å². The van der Waals surface area contributed by atoms with Gasteiger partial charge in [0.1, 0.15) is 0 Å². The third-order valence-corrected chi connectivity index (χ3v) is 3.24. The molecule has 0 aromatic heterocycles. The van der Waals surface area contributed by atoms with E-state index in [1.807, 2.05) is 24.3 Å². The molecule has 3 N–H and O–H groups in total. The van der Waals surface area contributed by atoms with E-state index in [2.05, 4.69) is 5.32 Å². The first kappa shape index (κ1) is 11.9. The number of ether oxygens (including phenoxy) is 1. The second-order valence-electron chi connectivity index (χ2n) is 4.45. The third-order valence-electron chi connectivity index (χ3n) is 3.24. The molecule has 2 rings (SSSR count). The average molecular weight is 234 g/mol. The molecule has 4 heteroatoms. The van der Waals surface area contributed by atoms with Crippen LogP contribution in [0.2, 0.25) is 0 Å². The zero-order valence-corrected chi connectivity index (χ0v) is 10.0. The molecule has 1 aliphatic carbocycles. The van der Waals surface area contributed by atoms with Crippen molar-refractivity contribution in [2.75, 3.05) is 26.0 Å². The number of carbonyl (C=O) groups excluding carboxylic acids is 1. The number of hydrogen-bond donors (Lipinski definition) is 2. The fourth-order valence-corrected chi connectivity index (χ4v) is 2.01. The minimum Gasteiger partial charge on any atom is -0.399 e. The molecule has 1 amide bonds. The average Bonchev–Trinajstić information content (AvgIpc) is 3.11. The number of nitrogens with one attached hydrogen (secondary N) is 1. The molecule has 1 aromatic carbocycles. The van der Waals surface area contributed by atoms with Gasteiger partial charge in [0.2, 0.25) is 5.91 Å². The molecule has 0 saturated heterocycles. The SMILES string of the molecule is COCCNC(=O)C1(c2ccc(N)cc2)CC1. The smallest absolute Gasteiger partial charge is 0.230 e. The van der Waals surface area contributed by atoms with Crippen LogP contribution in [0.1, 0.15) is 18.4 Å². The van der Waals surface area contributed by atoms with Crippen molar-refractivity contribution in [2.24, 2.45) is 0 Å². The number of hydrogen-bond acceptors (Lipinski definition) is 3. The van der Waals surface area contributed by atoms with E-state index in [9.17, 15) is 4.79 Å². The van der Waals surface area contributed by atoms with Crippen LogP contribution in [0.5, 0.6) is 0 Å². The maximum Gasteiger partial charge on any atom is 0.230 e. The van der Waals surface area contributed by atoms with E-state index in [4.69, 9.17) is 10.5 Å². The van der Waals surface area contributed by atoms with Gasteiger partial charge in [-0.1, -0.05) is 12.1 Å². The van der Waals surface area contributed by atoms with Gasteiger partial charge in [-0.3, -0.25) is 4.79 Å². The molecule has 1 aliphatic rings. The van der Waals surface area contributed by atoms with E-state index in [-0.39, 0.29) is 11.3 Å². The molecule has 0 atom stereocenters. The summed E-state index contributed by atoms with van der Waals surface area (Å²) >= 11 is 0. The van der Waals surface area contributed by atoms with Crippen molar-refractivity contribution in [3.05, 3.63) is 29.8 Å². The van der Waals surface area contributed by atoms with Crippen LogP contribution in [-0.2, 0) is 14.9 Å². The minimum absolute atomic E-state index is 0.0966. The Bertz CT molecular complexity index is 396. The molecular weight excluding hydrogens is 216 g/mol. The van der Waals surface area contributed by atoms with Crippen molar-refractivity contribution < 1.29 is 9.53 Å². The van der Waals surface area contributed by atoms with Crippen molar-refractivity contribution in [1.82, 2.24) is 5.32 Å². The Labute approximate surface area is 101 Å². The maximum absolute atomic E-state index is 12.1. The van der Waals surface area contributed by atoms with Crippen LogP contribution in [0.4, 0.5) is 5.69 Å². The normalized spacial score (nSPS) is 16.5. The largest absolute Gasteiger partial charge is 0.399 e. The van der Waals surface area contributed by atoms with Crippen LogP contribution in [-0.4, -0.2) is 26.2 Å². The number of amides is 1. The summed E-state index contributed by atoms with van der Waals surface area (Å²) in [6.07, 6.45) is 1.82. The van der Waals surface area contributed by atoms with Gasteiger partial charge in [-0.2, -0.15) is 0 Å². The molecule has 17 heavy (non-hydrogen) atoms. The van der Waals surface area contributed by atoms with Crippen LogP contribution < -0.4 is 11.1 Å². The van der Waals surface area contributed by atoms with Gasteiger partial charge >= 0.3 is 0 Å². The first-order valence-corrected chi connectivity index (χ1v) is 5.82. The van der Waals surface area contributed by atoms with Gasteiger partial charge in [0, 0.05) is 19.3 Å². The zero-order chi connectivity index (χ0) is 12.3. The molecule has 0 aliphatic heterocycles. The van der Waals surface area contributed by atoms with Gasteiger partial charge < -0.3 is 15.8 Å². The van der Waals surface area contributed by atoms with E-state index in [0.29, 0.717) is 13.2 Å². The lowest BCUT2D eigenvalue weighted by Gasteiger charge is -2.15. The first-order chi connectivity index (χ1) is 8.19. The van der Waals surface area contributed by atoms with E-state index >= 15 is 0 Å². The van der Waals surface area contributed by atoms with Gasteiger partial charge in [0.25, 0.3) is 0 Å². The summed E-state index contributed by atoms with van der Waals surface area (Å²) in [6, 6.07) is 7.58. The lowest BCUT2D eigenvalue weighted by atomic mass is 9.95. The van der Waals surface area contributed by atoms with Gasteiger partial charge in [-0.05, 0) is 30.5 Å². The van der Waals surface area contributed by atoms with E-state index in [1.165, 1.54) is 0 Å². The Hall–Kier alpha value is -1.55. The molecule has 0 heterocycles. The predicted octanol–water partition coefficient (Wildman–Crippen LogP) is 1.06. The Kier molecular flexibility index (Phi) is 3.33. The Morgan fingerprint density at radius 1 is 1.41 bits per heavy atom. The lowest BCUT2D eigenvalue weighted by molar-refractivity contribution is -0.123. The number of methoxy groups -OCH3 is 1. The molecule has 0 spiro atoms. The lowest BCUT2D eigenvalue weighted by Crippen LogP contribution is -2.36. The van der Waals surface area contributed by atoms with E-state index < -0.39 is 0 Å². The first-order valence-electron chi connectivity index (χ1n) is 5.82. The summed E-state index contributed by atoms with van der Waals surface area (Å²) in [6.45, 7) is 1.11. The van der Waals surface area contributed by atoms with Crippen LogP contribution >= 0.6 is 0 Å². The van der Waals surface area contributed by atoms with E-state index in [1.54, 1.807) is 7.11 Å². The molecule has 1 saturated carbocycles. The molecule has 1 fully saturated rings. The monoisotopic (exact) mass is 234 g/mol. The third kappa shape index (κ3) is 2.42. The quantitative estimate of drug-likeness (QED) is 0.591.